The number of ether oxygens (including phenoxy) is 2. The molecule has 1 fully saturated rings. The molecule has 0 unspecified atom stereocenters. The molecule has 1 atom stereocenters. The van der Waals surface area contributed by atoms with Crippen LogP contribution in [0.5, 0.6) is 5.75 Å². The maximum Gasteiger partial charge on any atom is 0.337 e. The minimum Gasteiger partial charge on any atom is -0.490 e. The molecule has 0 radical (unpaired) electrons. The first-order chi connectivity index (χ1) is 19.6. The van der Waals surface area contributed by atoms with Crippen molar-refractivity contribution in [3.8, 4) is 16.9 Å². The van der Waals surface area contributed by atoms with Gasteiger partial charge in [0.25, 0.3) is 0 Å². The normalized spacial score (nSPS) is 23.2. The van der Waals surface area contributed by atoms with Crippen molar-refractivity contribution in [2.75, 3.05) is 6.61 Å². The number of hydrogen-bond donors (Lipinski definition) is 1. The Bertz CT molecular complexity index is 1430. The molecule has 1 saturated carbocycles. The number of alkyl halides is 1. The van der Waals surface area contributed by atoms with E-state index in [9.17, 15) is 19.1 Å². The third-order valence-electron chi connectivity index (χ3n) is 9.40. The summed E-state index contributed by atoms with van der Waals surface area (Å²) in [5.41, 5.74) is 4.64. The standard InChI is InChI=1S/C34H43F2NO5/c1-18-22-9-8-14-41-30(22)26(35)15-24(18)28-20(3)25-17-37(21-10-12-34(7,36)13-11-21)27(38)16-23(25)19(2)29(28)31(32(39)40)42-33(4,5)6/h15,21,31H,8-14,16-17H2,1-7H3,(H,39,40)/t21?,31-,34?/m0/s1. The second-order valence-electron chi connectivity index (χ2n) is 13.6. The molecule has 6 nitrogen and oxygen atoms in total. The van der Waals surface area contributed by atoms with Gasteiger partial charge in [-0.3, -0.25) is 4.79 Å². The maximum absolute atomic E-state index is 15.6. The number of carboxylic acids is 1. The first-order valence-corrected chi connectivity index (χ1v) is 15.1. The zero-order valence-electron chi connectivity index (χ0n) is 25.9. The molecule has 3 aliphatic rings. The van der Waals surface area contributed by atoms with E-state index in [1.54, 1.807) is 27.7 Å². The van der Waals surface area contributed by atoms with Gasteiger partial charge in [-0.1, -0.05) is 0 Å². The number of rotatable bonds is 5. The van der Waals surface area contributed by atoms with Gasteiger partial charge in [0.2, 0.25) is 5.91 Å². The average Bonchev–Trinajstić information content (AvgIpc) is 2.91. The number of aliphatic carboxylic acids is 1. The highest BCUT2D eigenvalue weighted by atomic mass is 19.1. The van der Waals surface area contributed by atoms with Crippen molar-refractivity contribution >= 4 is 11.9 Å². The van der Waals surface area contributed by atoms with Gasteiger partial charge in [-0.05, 0) is 132 Å². The zero-order valence-corrected chi connectivity index (χ0v) is 25.9. The zero-order chi connectivity index (χ0) is 30.7. The number of halogens is 2. The van der Waals surface area contributed by atoms with Crippen molar-refractivity contribution in [3.05, 3.63) is 50.8 Å². The monoisotopic (exact) mass is 583 g/mol. The Morgan fingerprint density at radius 2 is 1.79 bits per heavy atom. The molecular weight excluding hydrogens is 540 g/mol. The van der Waals surface area contributed by atoms with E-state index in [0.717, 1.165) is 34.2 Å². The Hall–Kier alpha value is -3.00. The first-order valence-electron chi connectivity index (χ1n) is 15.1. The van der Waals surface area contributed by atoms with Gasteiger partial charge in [-0.25, -0.2) is 13.6 Å². The third-order valence-corrected chi connectivity index (χ3v) is 9.40. The minimum absolute atomic E-state index is 0.0343. The molecule has 5 rings (SSSR count). The van der Waals surface area contributed by atoms with Crippen molar-refractivity contribution < 1.29 is 33.0 Å². The van der Waals surface area contributed by atoms with Gasteiger partial charge < -0.3 is 19.5 Å². The minimum atomic E-state index is -1.33. The van der Waals surface area contributed by atoms with E-state index >= 15 is 4.39 Å². The van der Waals surface area contributed by atoms with Crippen LogP contribution in [0.15, 0.2) is 6.07 Å². The number of nitrogens with zero attached hydrogens (tertiary/aromatic N) is 1. The van der Waals surface area contributed by atoms with Crippen LogP contribution in [0.1, 0.15) is 105 Å². The Morgan fingerprint density at radius 3 is 2.40 bits per heavy atom. The highest BCUT2D eigenvalue weighted by Gasteiger charge is 2.40. The summed E-state index contributed by atoms with van der Waals surface area (Å²) in [4.78, 5) is 28.3. The molecule has 2 aromatic rings. The van der Waals surface area contributed by atoms with Gasteiger partial charge in [0.1, 0.15) is 5.67 Å². The molecule has 2 aromatic carbocycles. The predicted octanol–water partition coefficient (Wildman–Crippen LogP) is 7.24. The number of carbonyl (C=O) groups excluding carboxylic acids is 1. The topological polar surface area (TPSA) is 76.1 Å². The van der Waals surface area contributed by atoms with E-state index in [2.05, 4.69) is 0 Å². The van der Waals surface area contributed by atoms with E-state index in [-0.39, 0.29) is 24.1 Å². The molecule has 1 amide bonds. The van der Waals surface area contributed by atoms with Gasteiger partial charge in [0.05, 0.1) is 18.6 Å². The summed E-state index contributed by atoms with van der Waals surface area (Å²) in [6, 6.07) is 1.41. The van der Waals surface area contributed by atoms with Gasteiger partial charge in [-0.2, -0.15) is 0 Å². The van der Waals surface area contributed by atoms with Crippen LogP contribution in [0, 0.1) is 26.6 Å². The Kier molecular flexibility index (Phi) is 7.92. The quantitative estimate of drug-likeness (QED) is 0.402. The van der Waals surface area contributed by atoms with Crippen LogP contribution in [0.2, 0.25) is 0 Å². The summed E-state index contributed by atoms with van der Waals surface area (Å²) in [6.45, 7) is 13.6. The SMILES string of the molecule is Cc1c(-c2c(C)c3c(c(C)c2[C@H](OC(C)(C)C)C(=O)O)CC(=O)N(C2CCC(C)(F)CC2)C3)cc(F)c2c1CCCO2. The lowest BCUT2D eigenvalue weighted by Crippen LogP contribution is -2.47. The van der Waals surface area contributed by atoms with Crippen molar-refractivity contribution in [1.29, 1.82) is 0 Å². The number of carboxylic acid groups (broad SMARTS) is 1. The number of hydrogen-bond acceptors (Lipinski definition) is 4. The summed E-state index contributed by atoms with van der Waals surface area (Å²) in [7, 11) is 0. The van der Waals surface area contributed by atoms with E-state index in [4.69, 9.17) is 9.47 Å². The van der Waals surface area contributed by atoms with Gasteiger partial charge >= 0.3 is 5.97 Å². The molecule has 1 aliphatic carbocycles. The second-order valence-corrected chi connectivity index (χ2v) is 13.6. The van der Waals surface area contributed by atoms with Crippen molar-refractivity contribution in [2.24, 2.45) is 0 Å². The van der Waals surface area contributed by atoms with Crippen LogP contribution in [-0.4, -0.2) is 45.8 Å². The highest BCUT2D eigenvalue weighted by Crippen LogP contribution is 2.47. The molecule has 1 N–H and O–H groups in total. The number of fused-ring (bicyclic) bond motifs is 2. The fourth-order valence-electron chi connectivity index (χ4n) is 7.15. The molecular formula is C34H43F2NO5. The molecule has 2 aliphatic heterocycles. The van der Waals surface area contributed by atoms with Crippen LogP contribution in [0.4, 0.5) is 8.78 Å². The summed E-state index contributed by atoms with van der Waals surface area (Å²) >= 11 is 0. The molecule has 2 heterocycles. The molecule has 0 bridgehead atoms. The highest BCUT2D eigenvalue weighted by molar-refractivity contribution is 5.89. The van der Waals surface area contributed by atoms with E-state index < -0.39 is 29.2 Å². The van der Waals surface area contributed by atoms with E-state index in [1.807, 2.05) is 25.7 Å². The summed E-state index contributed by atoms with van der Waals surface area (Å²) < 4.78 is 42.1. The maximum atomic E-state index is 15.6. The lowest BCUT2D eigenvalue weighted by atomic mass is 9.77. The summed E-state index contributed by atoms with van der Waals surface area (Å²) in [5.74, 6) is -1.38. The molecule has 0 spiro atoms. The van der Waals surface area contributed by atoms with Crippen molar-refractivity contribution in [3.63, 3.8) is 0 Å². The van der Waals surface area contributed by atoms with Gasteiger partial charge in [0.15, 0.2) is 17.7 Å². The van der Waals surface area contributed by atoms with Crippen LogP contribution >= 0.6 is 0 Å². The van der Waals surface area contributed by atoms with Gasteiger partial charge in [0, 0.05) is 23.7 Å². The van der Waals surface area contributed by atoms with E-state index in [0.29, 0.717) is 67.5 Å². The molecule has 8 heteroatoms. The van der Waals surface area contributed by atoms with E-state index in [1.165, 1.54) is 6.07 Å². The Balaban J connectivity index is 1.73. The fraction of sp³-hybridized carbons (Fsp3) is 0.588. The van der Waals surface area contributed by atoms with Crippen LogP contribution in [0.3, 0.4) is 0 Å². The van der Waals surface area contributed by atoms with Crippen LogP contribution in [0.25, 0.3) is 11.1 Å². The first kappa shape index (κ1) is 30.5. The van der Waals surface area contributed by atoms with Gasteiger partial charge in [-0.15, -0.1) is 0 Å². The predicted molar refractivity (Wildman–Crippen MR) is 157 cm³/mol. The molecule has 228 valence electrons. The Morgan fingerprint density at radius 1 is 1.12 bits per heavy atom. The fourth-order valence-corrected chi connectivity index (χ4v) is 7.15. The van der Waals surface area contributed by atoms with Crippen LogP contribution < -0.4 is 4.74 Å². The molecule has 42 heavy (non-hydrogen) atoms. The van der Waals surface area contributed by atoms with Crippen molar-refractivity contribution in [1.82, 2.24) is 4.90 Å². The van der Waals surface area contributed by atoms with Crippen molar-refractivity contribution in [2.45, 2.75) is 123 Å². The second kappa shape index (κ2) is 10.9. The number of amides is 1. The Labute approximate surface area is 247 Å². The number of benzene rings is 2. The molecule has 0 aromatic heterocycles. The lowest BCUT2D eigenvalue weighted by Gasteiger charge is -2.42. The average molecular weight is 584 g/mol. The van der Waals surface area contributed by atoms with Crippen LogP contribution in [-0.2, 0) is 33.7 Å². The lowest BCUT2D eigenvalue weighted by molar-refractivity contribution is -0.160. The largest absolute Gasteiger partial charge is 0.490 e. The smallest absolute Gasteiger partial charge is 0.337 e. The summed E-state index contributed by atoms with van der Waals surface area (Å²) in [5, 5.41) is 10.5. The summed E-state index contributed by atoms with van der Waals surface area (Å²) in [6.07, 6.45) is 2.28. The third kappa shape index (κ3) is 5.54. The number of carbonyl (C=O) groups is 2. The molecule has 0 saturated heterocycles.